The molecule has 5 nitrogen and oxygen atoms in total. The van der Waals surface area contributed by atoms with Gasteiger partial charge in [-0.05, 0) is 55.3 Å². The van der Waals surface area contributed by atoms with Crippen LogP contribution in [-0.2, 0) is 16.0 Å². The number of hydrogen-bond donors (Lipinski definition) is 0. The molecular formula is C24H21NO4. The Hall–Kier alpha value is -3.60. The molecule has 0 saturated heterocycles. The number of rotatable bonds is 5. The van der Waals surface area contributed by atoms with Gasteiger partial charge in [0.05, 0.1) is 5.56 Å². The number of ether oxygens (including phenoxy) is 2. The van der Waals surface area contributed by atoms with Gasteiger partial charge in [0, 0.05) is 11.7 Å². The molecule has 3 aromatic rings. The van der Waals surface area contributed by atoms with Gasteiger partial charge in [0.1, 0.15) is 11.5 Å². The number of nitrogens with zero attached hydrogens (tertiary/aromatic N) is 1. The first-order valence-electron chi connectivity index (χ1n) is 9.52. The van der Waals surface area contributed by atoms with E-state index in [0.717, 1.165) is 17.7 Å². The van der Waals surface area contributed by atoms with Crippen molar-refractivity contribution in [2.24, 2.45) is 0 Å². The lowest BCUT2D eigenvalue weighted by molar-refractivity contribution is -0.122. The molecule has 5 heteroatoms. The van der Waals surface area contributed by atoms with Crippen molar-refractivity contribution in [3.05, 3.63) is 90.0 Å². The number of carbonyl (C=O) groups excluding carboxylic acids is 2. The van der Waals surface area contributed by atoms with Gasteiger partial charge in [0.2, 0.25) is 0 Å². The summed E-state index contributed by atoms with van der Waals surface area (Å²) in [4.78, 5) is 26.8. The number of hydrogen-bond acceptors (Lipinski definition) is 4. The van der Waals surface area contributed by atoms with Gasteiger partial charge in [-0.3, -0.25) is 4.79 Å². The maximum atomic E-state index is 12.7. The Labute approximate surface area is 169 Å². The van der Waals surface area contributed by atoms with E-state index in [-0.39, 0.29) is 18.6 Å². The average molecular weight is 387 g/mol. The maximum absolute atomic E-state index is 12.7. The molecule has 1 heterocycles. The fourth-order valence-corrected chi connectivity index (χ4v) is 3.54. The van der Waals surface area contributed by atoms with Crippen molar-refractivity contribution in [2.75, 3.05) is 11.5 Å². The first-order valence-corrected chi connectivity index (χ1v) is 9.52. The summed E-state index contributed by atoms with van der Waals surface area (Å²) in [6.07, 6.45) is 0.800. The third-order valence-corrected chi connectivity index (χ3v) is 4.85. The van der Waals surface area contributed by atoms with Gasteiger partial charge in [-0.2, -0.15) is 0 Å². The first-order chi connectivity index (χ1) is 14.1. The summed E-state index contributed by atoms with van der Waals surface area (Å²) in [5, 5.41) is 0. The van der Waals surface area contributed by atoms with Crippen molar-refractivity contribution in [2.45, 2.75) is 19.4 Å². The Balaban J connectivity index is 1.40. The number of esters is 1. The summed E-state index contributed by atoms with van der Waals surface area (Å²) in [6.45, 7) is 1.69. The SMILES string of the molecule is CC1Cc2ccccc2N1C(=O)COC(=O)c1cccc(Oc2ccccc2)c1. The molecule has 1 aliphatic rings. The molecule has 0 aliphatic carbocycles. The normalized spacial score (nSPS) is 14.9. The zero-order valence-corrected chi connectivity index (χ0v) is 16.1. The molecule has 0 radical (unpaired) electrons. The van der Waals surface area contributed by atoms with Crippen LogP contribution in [0, 0.1) is 0 Å². The molecule has 1 unspecified atom stereocenters. The fourth-order valence-electron chi connectivity index (χ4n) is 3.54. The Morgan fingerprint density at radius 3 is 2.48 bits per heavy atom. The number of anilines is 1. The van der Waals surface area contributed by atoms with Crippen molar-refractivity contribution < 1.29 is 19.1 Å². The summed E-state index contributed by atoms with van der Waals surface area (Å²) in [5.74, 6) is 0.415. The number of benzene rings is 3. The summed E-state index contributed by atoms with van der Waals surface area (Å²) < 4.78 is 11.0. The fraction of sp³-hybridized carbons (Fsp3) is 0.167. The topological polar surface area (TPSA) is 55.8 Å². The van der Waals surface area contributed by atoms with E-state index in [1.165, 1.54) is 0 Å². The largest absolute Gasteiger partial charge is 0.457 e. The lowest BCUT2D eigenvalue weighted by atomic mass is 10.1. The molecule has 0 aromatic heterocycles. The average Bonchev–Trinajstić information content (AvgIpc) is 3.08. The van der Waals surface area contributed by atoms with Gasteiger partial charge in [-0.15, -0.1) is 0 Å². The van der Waals surface area contributed by atoms with Gasteiger partial charge >= 0.3 is 5.97 Å². The van der Waals surface area contributed by atoms with Crippen LogP contribution >= 0.6 is 0 Å². The Morgan fingerprint density at radius 1 is 0.931 bits per heavy atom. The van der Waals surface area contributed by atoms with Crippen LogP contribution in [-0.4, -0.2) is 24.5 Å². The second-order valence-corrected chi connectivity index (χ2v) is 6.96. The zero-order valence-electron chi connectivity index (χ0n) is 16.1. The number of fused-ring (bicyclic) bond motifs is 1. The molecular weight excluding hydrogens is 366 g/mol. The highest BCUT2D eigenvalue weighted by Crippen LogP contribution is 2.31. The van der Waals surface area contributed by atoms with Gasteiger partial charge in [-0.25, -0.2) is 4.79 Å². The van der Waals surface area contributed by atoms with E-state index in [1.807, 2.05) is 61.5 Å². The lowest BCUT2D eigenvalue weighted by Crippen LogP contribution is -2.38. The van der Waals surface area contributed by atoms with E-state index in [4.69, 9.17) is 9.47 Å². The molecule has 29 heavy (non-hydrogen) atoms. The van der Waals surface area contributed by atoms with Crippen molar-refractivity contribution in [3.63, 3.8) is 0 Å². The van der Waals surface area contributed by atoms with Crippen LogP contribution in [0.15, 0.2) is 78.9 Å². The maximum Gasteiger partial charge on any atom is 0.338 e. The second kappa shape index (κ2) is 8.19. The van der Waals surface area contributed by atoms with Crippen molar-refractivity contribution in [3.8, 4) is 11.5 Å². The Kier molecular flexibility index (Phi) is 5.29. The predicted octanol–water partition coefficient (Wildman–Crippen LogP) is 4.61. The van der Waals surface area contributed by atoms with Crippen LogP contribution in [0.4, 0.5) is 5.69 Å². The quantitative estimate of drug-likeness (QED) is 0.600. The van der Waals surface area contributed by atoms with E-state index in [9.17, 15) is 9.59 Å². The molecule has 0 N–H and O–H groups in total. The van der Waals surface area contributed by atoms with Crippen LogP contribution in [0.25, 0.3) is 0 Å². The monoisotopic (exact) mass is 387 g/mol. The summed E-state index contributed by atoms with van der Waals surface area (Å²) in [5.41, 5.74) is 2.35. The van der Waals surface area contributed by atoms with Crippen molar-refractivity contribution in [1.82, 2.24) is 0 Å². The van der Waals surface area contributed by atoms with E-state index < -0.39 is 5.97 Å². The molecule has 1 aliphatic heterocycles. The molecule has 0 bridgehead atoms. The number of amides is 1. The summed E-state index contributed by atoms with van der Waals surface area (Å²) in [6, 6.07) is 23.9. The van der Waals surface area contributed by atoms with Crippen LogP contribution in [0.5, 0.6) is 11.5 Å². The minimum absolute atomic E-state index is 0.0428. The minimum Gasteiger partial charge on any atom is -0.457 e. The zero-order chi connectivity index (χ0) is 20.2. The van der Waals surface area contributed by atoms with Crippen LogP contribution in [0.1, 0.15) is 22.8 Å². The summed E-state index contributed by atoms with van der Waals surface area (Å²) in [7, 11) is 0. The highest BCUT2D eigenvalue weighted by molar-refractivity contribution is 5.99. The standard InChI is InChI=1S/C24H21NO4/c1-17-14-18-8-5-6-13-22(18)25(17)23(26)16-28-24(27)19-9-7-12-21(15-19)29-20-10-3-2-4-11-20/h2-13,15,17H,14,16H2,1H3. The highest BCUT2D eigenvalue weighted by atomic mass is 16.5. The van der Waals surface area contributed by atoms with E-state index in [1.54, 1.807) is 29.2 Å². The molecule has 0 saturated carbocycles. The molecule has 1 atom stereocenters. The molecule has 0 fully saturated rings. The van der Waals surface area contributed by atoms with E-state index in [0.29, 0.717) is 17.1 Å². The van der Waals surface area contributed by atoms with E-state index >= 15 is 0 Å². The van der Waals surface area contributed by atoms with E-state index in [2.05, 4.69) is 0 Å². The van der Waals surface area contributed by atoms with Gasteiger partial charge in [0.25, 0.3) is 5.91 Å². The molecule has 4 rings (SSSR count). The van der Waals surface area contributed by atoms with Gasteiger partial charge < -0.3 is 14.4 Å². The highest BCUT2D eigenvalue weighted by Gasteiger charge is 2.31. The smallest absolute Gasteiger partial charge is 0.338 e. The molecule has 1 amide bonds. The van der Waals surface area contributed by atoms with Crippen LogP contribution < -0.4 is 9.64 Å². The predicted molar refractivity (Wildman–Crippen MR) is 110 cm³/mol. The molecule has 3 aromatic carbocycles. The molecule has 0 spiro atoms. The van der Waals surface area contributed by atoms with Crippen molar-refractivity contribution in [1.29, 1.82) is 0 Å². The lowest BCUT2D eigenvalue weighted by Gasteiger charge is -2.22. The summed E-state index contributed by atoms with van der Waals surface area (Å²) >= 11 is 0. The van der Waals surface area contributed by atoms with Crippen LogP contribution in [0.3, 0.4) is 0 Å². The Morgan fingerprint density at radius 2 is 1.66 bits per heavy atom. The molecule has 146 valence electrons. The third kappa shape index (κ3) is 4.14. The van der Waals surface area contributed by atoms with Crippen molar-refractivity contribution >= 4 is 17.6 Å². The second-order valence-electron chi connectivity index (χ2n) is 6.96. The third-order valence-electron chi connectivity index (χ3n) is 4.85. The van der Waals surface area contributed by atoms with Gasteiger partial charge in [-0.1, -0.05) is 42.5 Å². The number of para-hydroxylation sites is 2. The van der Waals surface area contributed by atoms with Gasteiger partial charge in [0.15, 0.2) is 6.61 Å². The van der Waals surface area contributed by atoms with Crippen LogP contribution in [0.2, 0.25) is 0 Å². The first kappa shape index (κ1) is 18.7. The minimum atomic E-state index is -0.558. The Bertz CT molecular complexity index is 1030. The number of carbonyl (C=O) groups is 2.